The summed E-state index contributed by atoms with van der Waals surface area (Å²) in [6.45, 7) is 0. The van der Waals surface area contributed by atoms with E-state index in [0.717, 1.165) is 22.7 Å². The van der Waals surface area contributed by atoms with Gasteiger partial charge in [0.25, 0.3) is 0 Å². The fourth-order valence-electron chi connectivity index (χ4n) is 8.07. The molecule has 0 aliphatic carbocycles. The monoisotopic (exact) mass is 662 g/mol. The summed E-state index contributed by atoms with van der Waals surface area (Å²) < 4.78 is 2.40. The minimum atomic E-state index is 1.10. The van der Waals surface area contributed by atoms with Crippen LogP contribution in [-0.2, 0) is 0 Å². The minimum absolute atomic E-state index is 1.10. The number of hydrogen-bond donors (Lipinski definition) is 0. The van der Waals surface area contributed by atoms with Crippen LogP contribution in [0.15, 0.2) is 206 Å². The first kappa shape index (κ1) is 30.0. The average Bonchev–Trinajstić information content (AvgIpc) is 3.56. The van der Waals surface area contributed by atoms with Gasteiger partial charge in [0.1, 0.15) is 0 Å². The van der Waals surface area contributed by atoms with Crippen molar-refractivity contribution in [1.82, 2.24) is 4.57 Å². The van der Waals surface area contributed by atoms with Gasteiger partial charge in [-0.1, -0.05) is 158 Å². The number of fused-ring (bicyclic) bond motifs is 6. The summed E-state index contributed by atoms with van der Waals surface area (Å²) >= 11 is 0. The number of benzene rings is 9. The minimum Gasteiger partial charge on any atom is -0.309 e. The predicted octanol–water partition coefficient (Wildman–Crippen LogP) is 13.9. The first-order chi connectivity index (χ1) is 25.8. The molecule has 1 heterocycles. The first-order valence-electron chi connectivity index (χ1n) is 17.9. The van der Waals surface area contributed by atoms with Crippen molar-refractivity contribution in [2.24, 2.45) is 0 Å². The molecular formula is C50H34N2. The Morgan fingerprint density at radius 3 is 1.60 bits per heavy atom. The standard InChI is InChI=1S/C50H34N2/c1-4-17-35(18-5-1)36-19-16-20-37(33-36)49-45-28-12-10-25-41(45)42-26-11-13-29-46(42)50(49)51(38-21-6-2-7-22-38)40-31-32-44-43-27-14-15-30-47(43)52(48(44)34-40)39-23-8-3-9-24-39/h1-34H. The topological polar surface area (TPSA) is 8.17 Å². The predicted molar refractivity (Wildman–Crippen MR) is 221 cm³/mol. The molecule has 0 saturated heterocycles. The molecular weight excluding hydrogens is 629 g/mol. The normalized spacial score (nSPS) is 11.5. The largest absolute Gasteiger partial charge is 0.309 e. The summed E-state index contributed by atoms with van der Waals surface area (Å²) in [6.07, 6.45) is 0. The van der Waals surface area contributed by atoms with Crippen molar-refractivity contribution in [2.75, 3.05) is 4.90 Å². The lowest BCUT2D eigenvalue weighted by Crippen LogP contribution is -2.12. The maximum Gasteiger partial charge on any atom is 0.0624 e. The number of rotatable bonds is 6. The molecule has 0 aliphatic heterocycles. The van der Waals surface area contributed by atoms with Crippen LogP contribution in [0.25, 0.3) is 71.3 Å². The highest BCUT2D eigenvalue weighted by atomic mass is 15.1. The third-order valence-electron chi connectivity index (χ3n) is 10.3. The second kappa shape index (κ2) is 12.5. The summed E-state index contributed by atoms with van der Waals surface area (Å²) in [5, 5.41) is 7.38. The van der Waals surface area contributed by atoms with Crippen LogP contribution >= 0.6 is 0 Å². The fourth-order valence-corrected chi connectivity index (χ4v) is 8.07. The zero-order chi connectivity index (χ0) is 34.4. The number of para-hydroxylation sites is 3. The summed E-state index contributed by atoms with van der Waals surface area (Å²) in [6, 6.07) is 74.7. The number of aromatic nitrogens is 1. The van der Waals surface area contributed by atoms with Crippen molar-refractivity contribution < 1.29 is 0 Å². The van der Waals surface area contributed by atoms with E-state index in [1.807, 2.05) is 0 Å². The highest BCUT2D eigenvalue weighted by Gasteiger charge is 2.24. The third kappa shape index (κ3) is 4.88. The van der Waals surface area contributed by atoms with Crippen molar-refractivity contribution >= 4 is 60.4 Å². The Labute approximate surface area is 303 Å². The van der Waals surface area contributed by atoms with Gasteiger partial charge in [-0.15, -0.1) is 0 Å². The summed E-state index contributed by atoms with van der Waals surface area (Å²) in [5.74, 6) is 0. The van der Waals surface area contributed by atoms with Gasteiger partial charge in [-0.2, -0.15) is 0 Å². The molecule has 0 radical (unpaired) electrons. The highest BCUT2D eigenvalue weighted by molar-refractivity contribution is 6.23. The van der Waals surface area contributed by atoms with Gasteiger partial charge < -0.3 is 9.47 Å². The van der Waals surface area contributed by atoms with Crippen LogP contribution in [0.1, 0.15) is 0 Å². The maximum atomic E-state index is 2.48. The van der Waals surface area contributed by atoms with Gasteiger partial charge in [0.2, 0.25) is 0 Å². The summed E-state index contributed by atoms with van der Waals surface area (Å²) in [4.78, 5) is 2.48. The molecule has 0 spiro atoms. The second-order valence-corrected chi connectivity index (χ2v) is 13.3. The SMILES string of the molecule is c1ccc(-c2cccc(-c3c(N(c4ccccc4)c4ccc5c6ccccc6n(-c6ccccc6)c5c4)c4ccccc4c4ccccc34)c2)cc1. The molecule has 0 amide bonds. The molecule has 0 unspecified atom stereocenters. The van der Waals surface area contributed by atoms with Crippen LogP contribution in [0, 0.1) is 0 Å². The van der Waals surface area contributed by atoms with Crippen LogP contribution in [0.3, 0.4) is 0 Å². The number of nitrogens with zero attached hydrogens (tertiary/aromatic N) is 2. The lowest BCUT2D eigenvalue weighted by Gasteiger charge is -2.31. The molecule has 1 aromatic heterocycles. The lowest BCUT2D eigenvalue weighted by molar-refractivity contribution is 1.18. The second-order valence-electron chi connectivity index (χ2n) is 13.3. The van der Waals surface area contributed by atoms with E-state index in [2.05, 4.69) is 216 Å². The van der Waals surface area contributed by atoms with Gasteiger partial charge in [0, 0.05) is 38.8 Å². The van der Waals surface area contributed by atoms with Crippen LogP contribution in [-0.4, -0.2) is 4.57 Å². The molecule has 0 N–H and O–H groups in total. The van der Waals surface area contributed by atoms with Crippen LogP contribution in [0.2, 0.25) is 0 Å². The summed E-state index contributed by atoms with van der Waals surface area (Å²) in [5.41, 5.74) is 11.7. The van der Waals surface area contributed by atoms with E-state index in [-0.39, 0.29) is 0 Å². The van der Waals surface area contributed by atoms with E-state index in [0.29, 0.717) is 0 Å². The van der Waals surface area contributed by atoms with E-state index >= 15 is 0 Å². The lowest BCUT2D eigenvalue weighted by atomic mass is 9.89. The van der Waals surface area contributed by atoms with Crippen LogP contribution < -0.4 is 4.90 Å². The van der Waals surface area contributed by atoms with Crippen molar-refractivity contribution in [2.45, 2.75) is 0 Å². The Morgan fingerprint density at radius 2 is 0.846 bits per heavy atom. The molecule has 10 rings (SSSR count). The molecule has 2 heteroatoms. The Morgan fingerprint density at radius 1 is 0.308 bits per heavy atom. The first-order valence-corrected chi connectivity index (χ1v) is 17.9. The number of anilines is 3. The van der Waals surface area contributed by atoms with E-state index in [1.165, 1.54) is 65.6 Å². The smallest absolute Gasteiger partial charge is 0.0624 e. The van der Waals surface area contributed by atoms with Gasteiger partial charge in [0.15, 0.2) is 0 Å². The molecule has 2 nitrogen and oxygen atoms in total. The van der Waals surface area contributed by atoms with E-state index in [4.69, 9.17) is 0 Å². The molecule has 9 aromatic carbocycles. The molecule has 0 fully saturated rings. The molecule has 0 atom stereocenters. The zero-order valence-electron chi connectivity index (χ0n) is 28.5. The Balaban J connectivity index is 1.33. The van der Waals surface area contributed by atoms with Crippen molar-refractivity contribution in [1.29, 1.82) is 0 Å². The van der Waals surface area contributed by atoms with Gasteiger partial charge in [-0.3, -0.25) is 0 Å². The van der Waals surface area contributed by atoms with Gasteiger partial charge in [0.05, 0.1) is 16.7 Å². The summed E-state index contributed by atoms with van der Waals surface area (Å²) in [7, 11) is 0. The Bertz CT molecular complexity index is 2890. The average molecular weight is 663 g/mol. The Hall–Kier alpha value is -6.90. The quantitative estimate of drug-likeness (QED) is 0.161. The molecule has 10 aromatic rings. The van der Waals surface area contributed by atoms with Crippen LogP contribution in [0.5, 0.6) is 0 Å². The highest BCUT2D eigenvalue weighted by Crippen LogP contribution is 2.50. The van der Waals surface area contributed by atoms with E-state index in [9.17, 15) is 0 Å². The van der Waals surface area contributed by atoms with Gasteiger partial charge in [-0.05, 0) is 81.4 Å². The maximum absolute atomic E-state index is 2.48. The zero-order valence-corrected chi connectivity index (χ0v) is 28.5. The van der Waals surface area contributed by atoms with E-state index < -0.39 is 0 Å². The Kier molecular flexibility index (Phi) is 7.18. The van der Waals surface area contributed by atoms with Crippen molar-refractivity contribution in [3.8, 4) is 27.9 Å². The van der Waals surface area contributed by atoms with Gasteiger partial charge >= 0.3 is 0 Å². The molecule has 0 aliphatic rings. The van der Waals surface area contributed by atoms with Crippen molar-refractivity contribution in [3.63, 3.8) is 0 Å². The van der Waals surface area contributed by atoms with Crippen LogP contribution in [0.4, 0.5) is 17.1 Å². The number of hydrogen-bond acceptors (Lipinski definition) is 1. The molecule has 0 bridgehead atoms. The molecule has 0 saturated carbocycles. The molecule has 244 valence electrons. The third-order valence-corrected chi connectivity index (χ3v) is 10.3. The van der Waals surface area contributed by atoms with Crippen molar-refractivity contribution in [3.05, 3.63) is 206 Å². The van der Waals surface area contributed by atoms with E-state index in [1.54, 1.807) is 0 Å². The van der Waals surface area contributed by atoms with Gasteiger partial charge in [-0.25, -0.2) is 0 Å². The molecule has 52 heavy (non-hydrogen) atoms. The fraction of sp³-hybridized carbons (Fsp3) is 0.